The zero-order valence-corrected chi connectivity index (χ0v) is 15.3. The van der Waals surface area contributed by atoms with Gasteiger partial charge in [0.1, 0.15) is 17.3 Å². The Labute approximate surface area is 147 Å². The van der Waals surface area contributed by atoms with Gasteiger partial charge < -0.3 is 10.2 Å². The van der Waals surface area contributed by atoms with Gasteiger partial charge >= 0.3 is 0 Å². The molecule has 3 heterocycles. The number of anilines is 2. The van der Waals surface area contributed by atoms with E-state index in [0.717, 1.165) is 17.1 Å². The van der Waals surface area contributed by atoms with Crippen LogP contribution in [0.1, 0.15) is 35.7 Å². The molecule has 3 rings (SSSR count). The minimum atomic E-state index is -1.25. The Hall–Kier alpha value is -2.31. The third-order valence-electron chi connectivity index (χ3n) is 4.47. The number of rotatable bonds is 4. The summed E-state index contributed by atoms with van der Waals surface area (Å²) in [6.45, 7) is 9.14. The lowest BCUT2D eigenvalue weighted by molar-refractivity contribution is 0.140. The molecule has 0 spiro atoms. The van der Waals surface area contributed by atoms with Crippen molar-refractivity contribution in [1.82, 2.24) is 19.9 Å². The first-order chi connectivity index (χ1) is 11.8. The van der Waals surface area contributed by atoms with Crippen molar-refractivity contribution in [3.8, 4) is 0 Å². The molecule has 0 aliphatic carbocycles. The molecule has 6 nitrogen and oxygen atoms in total. The van der Waals surface area contributed by atoms with Crippen molar-refractivity contribution in [1.29, 1.82) is 0 Å². The van der Waals surface area contributed by atoms with Crippen LogP contribution >= 0.6 is 0 Å². The van der Waals surface area contributed by atoms with Crippen molar-refractivity contribution in [2.24, 2.45) is 0 Å². The quantitative estimate of drug-likeness (QED) is 0.920. The molecule has 0 aromatic carbocycles. The second-order valence-corrected chi connectivity index (χ2v) is 6.88. The fourth-order valence-electron chi connectivity index (χ4n) is 3.19. The molecule has 1 fully saturated rings. The normalized spacial score (nSPS) is 16.8. The predicted molar refractivity (Wildman–Crippen MR) is 96.8 cm³/mol. The second kappa shape index (κ2) is 6.90. The van der Waals surface area contributed by atoms with Crippen LogP contribution in [0, 0.1) is 27.7 Å². The van der Waals surface area contributed by atoms with Crippen LogP contribution in [0.25, 0.3) is 0 Å². The molecule has 2 aromatic rings. The van der Waals surface area contributed by atoms with Crippen LogP contribution in [0.2, 0.25) is 0 Å². The topological polar surface area (TPSA) is 66.8 Å². The predicted octanol–water partition coefficient (Wildman–Crippen LogP) is 2.92. The third-order valence-corrected chi connectivity index (χ3v) is 4.47. The van der Waals surface area contributed by atoms with Crippen LogP contribution in [-0.4, -0.2) is 45.2 Å². The van der Waals surface area contributed by atoms with E-state index in [4.69, 9.17) is 0 Å². The molecule has 1 aliphatic rings. The molecular weight excluding hydrogens is 319 g/mol. The summed E-state index contributed by atoms with van der Waals surface area (Å²) in [6.07, 6.45) is 0.888. The highest BCUT2D eigenvalue weighted by Gasteiger charge is 2.35. The van der Waals surface area contributed by atoms with E-state index in [2.05, 4.69) is 30.2 Å². The van der Waals surface area contributed by atoms with Crippen molar-refractivity contribution in [3.05, 3.63) is 35.0 Å². The molecule has 0 amide bonds. The van der Waals surface area contributed by atoms with Gasteiger partial charge in [0, 0.05) is 49.1 Å². The summed E-state index contributed by atoms with van der Waals surface area (Å²) in [5.41, 5.74) is 1.51. The fourth-order valence-corrected chi connectivity index (χ4v) is 3.19. The van der Waals surface area contributed by atoms with Gasteiger partial charge in [-0.15, -0.1) is 0 Å². The van der Waals surface area contributed by atoms with Crippen LogP contribution in [0.5, 0.6) is 0 Å². The summed E-state index contributed by atoms with van der Waals surface area (Å²) in [4.78, 5) is 19.6. The summed E-state index contributed by atoms with van der Waals surface area (Å²) in [5, 5.41) is 3.13. The van der Waals surface area contributed by atoms with Gasteiger partial charge in [0.2, 0.25) is 5.95 Å². The SMILES string of the molecule is Cc1cc(NCC2(F)CCN(c3nc(C)cc(C)n3)CC2)nc(C)n1. The number of aryl methyl sites for hydroxylation is 4. The standard InChI is InChI=1S/C18H25FN6/c1-12-9-13(2)23-17(22-12)25-7-5-18(19,6-8-25)11-20-16-10-14(3)21-15(4)24-16/h9-10H,5-8,11H2,1-4H3,(H,20,21,24). The van der Waals surface area contributed by atoms with Crippen LogP contribution in [-0.2, 0) is 0 Å². The molecule has 1 aliphatic heterocycles. The Balaban J connectivity index is 1.60. The molecular formula is C18H25FN6. The lowest BCUT2D eigenvalue weighted by atomic mass is 9.93. The van der Waals surface area contributed by atoms with Gasteiger partial charge in [0.25, 0.3) is 0 Å². The van der Waals surface area contributed by atoms with Crippen LogP contribution in [0.4, 0.5) is 16.2 Å². The number of hydrogen-bond acceptors (Lipinski definition) is 6. The van der Waals surface area contributed by atoms with Gasteiger partial charge in [-0.3, -0.25) is 0 Å². The minimum Gasteiger partial charge on any atom is -0.367 e. The van der Waals surface area contributed by atoms with Crippen LogP contribution in [0.15, 0.2) is 12.1 Å². The number of hydrogen-bond donors (Lipinski definition) is 1. The highest BCUT2D eigenvalue weighted by molar-refractivity contribution is 5.37. The maximum Gasteiger partial charge on any atom is 0.225 e. The summed E-state index contributed by atoms with van der Waals surface area (Å²) >= 11 is 0. The van der Waals surface area contributed by atoms with E-state index in [-0.39, 0.29) is 6.54 Å². The monoisotopic (exact) mass is 344 g/mol. The number of aromatic nitrogens is 4. The van der Waals surface area contributed by atoms with Crippen LogP contribution in [0.3, 0.4) is 0 Å². The van der Waals surface area contributed by atoms with E-state index in [1.165, 1.54) is 0 Å². The van der Waals surface area contributed by atoms with E-state index in [0.29, 0.717) is 43.5 Å². The Morgan fingerprint density at radius 3 is 2.16 bits per heavy atom. The summed E-state index contributed by atoms with van der Waals surface area (Å²) in [5.74, 6) is 2.08. The number of alkyl halides is 1. The molecule has 0 saturated carbocycles. The van der Waals surface area contributed by atoms with E-state index in [1.807, 2.05) is 39.8 Å². The number of nitrogens with zero attached hydrogens (tertiary/aromatic N) is 5. The number of halogens is 1. The van der Waals surface area contributed by atoms with Crippen molar-refractivity contribution in [3.63, 3.8) is 0 Å². The Kier molecular flexibility index (Phi) is 4.83. The molecule has 25 heavy (non-hydrogen) atoms. The van der Waals surface area contributed by atoms with Crippen molar-refractivity contribution in [2.75, 3.05) is 29.9 Å². The molecule has 0 unspecified atom stereocenters. The zero-order valence-electron chi connectivity index (χ0n) is 15.3. The zero-order chi connectivity index (χ0) is 18.0. The molecule has 1 saturated heterocycles. The molecule has 2 aromatic heterocycles. The third kappa shape index (κ3) is 4.41. The molecule has 1 N–H and O–H groups in total. The molecule has 0 atom stereocenters. The van der Waals surface area contributed by atoms with E-state index in [9.17, 15) is 0 Å². The van der Waals surface area contributed by atoms with E-state index in [1.54, 1.807) is 0 Å². The Morgan fingerprint density at radius 1 is 0.960 bits per heavy atom. The van der Waals surface area contributed by atoms with Gasteiger partial charge in [-0.2, -0.15) is 0 Å². The highest BCUT2D eigenvalue weighted by atomic mass is 19.1. The van der Waals surface area contributed by atoms with Gasteiger partial charge in [0.05, 0.1) is 6.54 Å². The van der Waals surface area contributed by atoms with E-state index < -0.39 is 5.67 Å². The number of nitrogens with one attached hydrogen (secondary N) is 1. The number of piperidine rings is 1. The van der Waals surface area contributed by atoms with Crippen molar-refractivity contribution in [2.45, 2.75) is 46.2 Å². The average Bonchev–Trinajstić information content (AvgIpc) is 2.52. The van der Waals surface area contributed by atoms with Crippen LogP contribution < -0.4 is 10.2 Å². The van der Waals surface area contributed by atoms with E-state index >= 15 is 4.39 Å². The Bertz CT molecular complexity index is 715. The van der Waals surface area contributed by atoms with Gasteiger partial charge in [0.15, 0.2) is 0 Å². The average molecular weight is 344 g/mol. The first kappa shape index (κ1) is 17.5. The molecule has 134 valence electrons. The lowest BCUT2D eigenvalue weighted by Gasteiger charge is -2.36. The first-order valence-electron chi connectivity index (χ1n) is 8.65. The Morgan fingerprint density at radius 2 is 1.56 bits per heavy atom. The molecule has 0 bridgehead atoms. The largest absolute Gasteiger partial charge is 0.367 e. The lowest BCUT2D eigenvalue weighted by Crippen LogP contribution is -2.46. The van der Waals surface area contributed by atoms with Gasteiger partial charge in [-0.25, -0.2) is 24.3 Å². The molecule has 7 heteroatoms. The summed E-state index contributed by atoms with van der Waals surface area (Å²) in [6, 6.07) is 3.79. The summed E-state index contributed by atoms with van der Waals surface area (Å²) < 4.78 is 15.1. The minimum absolute atomic E-state index is 0.254. The van der Waals surface area contributed by atoms with Gasteiger partial charge in [-0.05, 0) is 33.8 Å². The smallest absolute Gasteiger partial charge is 0.225 e. The van der Waals surface area contributed by atoms with Gasteiger partial charge in [-0.1, -0.05) is 0 Å². The van der Waals surface area contributed by atoms with Crippen molar-refractivity contribution < 1.29 is 4.39 Å². The van der Waals surface area contributed by atoms with Crippen molar-refractivity contribution >= 4 is 11.8 Å². The second-order valence-electron chi connectivity index (χ2n) is 6.88. The maximum atomic E-state index is 15.1. The fraction of sp³-hybridized carbons (Fsp3) is 0.556. The highest BCUT2D eigenvalue weighted by Crippen LogP contribution is 2.28. The maximum absolute atomic E-state index is 15.1. The first-order valence-corrected chi connectivity index (χ1v) is 8.65. The summed E-state index contributed by atoms with van der Waals surface area (Å²) in [7, 11) is 0. The molecule has 0 radical (unpaired) electrons.